The molecule has 2 rings (SSSR count). The highest BCUT2D eigenvalue weighted by molar-refractivity contribution is 9.10. The fourth-order valence-electron chi connectivity index (χ4n) is 2.38. The molecule has 1 aliphatic carbocycles. The molecule has 3 heteroatoms. The maximum absolute atomic E-state index is 5.98. The highest BCUT2D eigenvalue weighted by Gasteiger charge is 2.25. The summed E-state index contributed by atoms with van der Waals surface area (Å²) in [5.41, 5.74) is 0. The highest BCUT2D eigenvalue weighted by atomic mass is 79.9. The molecule has 0 aromatic carbocycles. The molecule has 0 bridgehead atoms. The van der Waals surface area contributed by atoms with Gasteiger partial charge in [-0.2, -0.15) is 0 Å². The Balaban J connectivity index is 1.99. The normalized spacial score (nSPS) is 25.4. The van der Waals surface area contributed by atoms with Crippen LogP contribution in [-0.4, -0.2) is 11.1 Å². The van der Waals surface area contributed by atoms with Crippen LogP contribution in [0.5, 0.6) is 5.88 Å². The van der Waals surface area contributed by atoms with Crippen molar-refractivity contribution < 1.29 is 4.74 Å². The van der Waals surface area contributed by atoms with Gasteiger partial charge >= 0.3 is 0 Å². The van der Waals surface area contributed by atoms with Crippen molar-refractivity contribution in [2.45, 2.75) is 45.1 Å². The summed E-state index contributed by atoms with van der Waals surface area (Å²) in [6.45, 7) is 2.25. The molecular formula is C13H18BrNO. The van der Waals surface area contributed by atoms with E-state index in [1.807, 2.05) is 12.1 Å². The number of aromatic nitrogens is 1. The molecule has 1 aromatic heterocycles. The summed E-state index contributed by atoms with van der Waals surface area (Å²) in [4.78, 5) is 4.27. The average molecular weight is 284 g/mol. The Morgan fingerprint density at radius 2 is 2.19 bits per heavy atom. The topological polar surface area (TPSA) is 22.1 Å². The van der Waals surface area contributed by atoms with Crippen LogP contribution in [0.25, 0.3) is 0 Å². The van der Waals surface area contributed by atoms with Crippen LogP contribution in [0, 0.1) is 5.92 Å². The summed E-state index contributed by atoms with van der Waals surface area (Å²) in [5, 5.41) is 0. The minimum Gasteiger partial charge on any atom is -0.474 e. The Bertz CT molecular complexity index is 325. The number of pyridine rings is 1. The van der Waals surface area contributed by atoms with Crippen molar-refractivity contribution in [3.8, 4) is 5.88 Å². The molecule has 0 spiro atoms. The first-order chi connectivity index (χ1) is 7.79. The second-order valence-corrected chi connectivity index (χ2v) is 5.34. The van der Waals surface area contributed by atoms with Gasteiger partial charge in [-0.1, -0.05) is 13.3 Å². The van der Waals surface area contributed by atoms with Gasteiger partial charge in [0.25, 0.3) is 0 Å². The van der Waals surface area contributed by atoms with Crippen molar-refractivity contribution in [3.63, 3.8) is 0 Å². The molecule has 2 nitrogen and oxygen atoms in total. The third-order valence-corrected chi connectivity index (χ3v) is 3.81. The smallest absolute Gasteiger partial charge is 0.213 e. The van der Waals surface area contributed by atoms with E-state index < -0.39 is 0 Å². The van der Waals surface area contributed by atoms with Crippen LogP contribution in [0.15, 0.2) is 22.8 Å². The monoisotopic (exact) mass is 283 g/mol. The number of rotatable bonds is 3. The van der Waals surface area contributed by atoms with E-state index in [2.05, 4.69) is 27.8 Å². The summed E-state index contributed by atoms with van der Waals surface area (Å²) in [7, 11) is 0. The Labute approximate surface area is 106 Å². The minimum atomic E-state index is 0.368. The number of nitrogens with zero attached hydrogens (tertiary/aromatic N) is 1. The van der Waals surface area contributed by atoms with Crippen LogP contribution in [0.1, 0.15) is 39.0 Å². The maximum atomic E-state index is 5.98. The first-order valence-electron chi connectivity index (χ1n) is 6.08. The predicted molar refractivity (Wildman–Crippen MR) is 68.6 cm³/mol. The number of hydrogen-bond acceptors (Lipinski definition) is 2. The first kappa shape index (κ1) is 11.9. The zero-order valence-corrected chi connectivity index (χ0v) is 11.2. The van der Waals surface area contributed by atoms with Crippen LogP contribution in [0.2, 0.25) is 0 Å². The van der Waals surface area contributed by atoms with E-state index in [0.717, 1.165) is 10.4 Å². The van der Waals surface area contributed by atoms with E-state index in [-0.39, 0.29) is 0 Å². The summed E-state index contributed by atoms with van der Waals surface area (Å²) in [5.74, 6) is 1.47. The number of ether oxygens (including phenoxy) is 1. The van der Waals surface area contributed by atoms with Gasteiger partial charge in [0.05, 0.1) is 0 Å². The van der Waals surface area contributed by atoms with Gasteiger partial charge in [-0.25, -0.2) is 4.98 Å². The van der Waals surface area contributed by atoms with Gasteiger partial charge in [-0.15, -0.1) is 0 Å². The fourth-order valence-corrected chi connectivity index (χ4v) is 2.62. The molecule has 1 aliphatic rings. The molecule has 0 amide bonds. The second-order valence-electron chi connectivity index (χ2n) is 4.42. The number of hydrogen-bond donors (Lipinski definition) is 0. The van der Waals surface area contributed by atoms with E-state index in [9.17, 15) is 0 Å². The van der Waals surface area contributed by atoms with Crippen molar-refractivity contribution in [1.82, 2.24) is 4.98 Å². The lowest BCUT2D eigenvalue weighted by atomic mass is 9.85. The fraction of sp³-hybridized carbons (Fsp3) is 0.615. The van der Waals surface area contributed by atoms with Crippen LogP contribution in [0.4, 0.5) is 0 Å². The predicted octanol–water partition coefficient (Wildman–Crippen LogP) is 4.19. The summed E-state index contributed by atoms with van der Waals surface area (Å²) < 4.78 is 6.98. The molecular weight excluding hydrogens is 266 g/mol. The summed E-state index contributed by atoms with van der Waals surface area (Å²) in [6.07, 6.45) is 8.49. The second kappa shape index (κ2) is 5.67. The third kappa shape index (κ3) is 2.97. The van der Waals surface area contributed by atoms with Crippen molar-refractivity contribution in [2.24, 2.45) is 5.92 Å². The molecule has 0 saturated heterocycles. The van der Waals surface area contributed by atoms with Gasteiger partial charge in [0.15, 0.2) is 0 Å². The molecule has 1 saturated carbocycles. The van der Waals surface area contributed by atoms with Gasteiger partial charge in [0.1, 0.15) is 6.10 Å². The Hall–Kier alpha value is -0.570. The van der Waals surface area contributed by atoms with Gasteiger partial charge < -0.3 is 4.74 Å². The maximum Gasteiger partial charge on any atom is 0.213 e. The van der Waals surface area contributed by atoms with Gasteiger partial charge in [0.2, 0.25) is 5.88 Å². The van der Waals surface area contributed by atoms with Crippen LogP contribution in [0.3, 0.4) is 0 Å². The van der Waals surface area contributed by atoms with Gasteiger partial charge in [-0.3, -0.25) is 0 Å². The minimum absolute atomic E-state index is 0.368. The SMILES string of the molecule is CCC1CCCCC1Oc1ccc(Br)cn1. The molecule has 0 radical (unpaired) electrons. The van der Waals surface area contributed by atoms with Crippen molar-refractivity contribution in [2.75, 3.05) is 0 Å². The molecule has 2 atom stereocenters. The summed E-state index contributed by atoms with van der Waals surface area (Å²) in [6, 6.07) is 3.91. The van der Waals surface area contributed by atoms with E-state index in [4.69, 9.17) is 4.74 Å². The quantitative estimate of drug-likeness (QED) is 0.830. The lowest BCUT2D eigenvalue weighted by Gasteiger charge is -2.30. The third-order valence-electron chi connectivity index (χ3n) is 3.34. The molecule has 0 N–H and O–H groups in total. The standard InChI is InChI=1S/C13H18BrNO/c1-2-10-5-3-4-6-12(10)16-13-8-7-11(14)9-15-13/h7-10,12H,2-6H2,1H3. The van der Waals surface area contributed by atoms with Crippen molar-refractivity contribution >= 4 is 15.9 Å². The zero-order valence-electron chi connectivity index (χ0n) is 9.66. The van der Waals surface area contributed by atoms with E-state index in [1.54, 1.807) is 6.20 Å². The first-order valence-corrected chi connectivity index (χ1v) is 6.87. The molecule has 1 heterocycles. The Kier molecular flexibility index (Phi) is 4.22. The molecule has 0 aliphatic heterocycles. The number of halogens is 1. The van der Waals surface area contributed by atoms with Gasteiger partial charge in [0, 0.05) is 16.7 Å². The molecule has 1 fully saturated rings. The van der Waals surface area contributed by atoms with E-state index in [1.165, 1.54) is 32.1 Å². The lowest BCUT2D eigenvalue weighted by Crippen LogP contribution is -2.30. The summed E-state index contributed by atoms with van der Waals surface area (Å²) >= 11 is 3.38. The zero-order chi connectivity index (χ0) is 11.4. The molecule has 2 unspecified atom stereocenters. The highest BCUT2D eigenvalue weighted by Crippen LogP contribution is 2.29. The molecule has 1 aromatic rings. The molecule has 16 heavy (non-hydrogen) atoms. The van der Waals surface area contributed by atoms with E-state index in [0.29, 0.717) is 12.0 Å². The van der Waals surface area contributed by atoms with Crippen molar-refractivity contribution in [1.29, 1.82) is 0 Å². The van der Waals surface area contributed by atoms with Crippen molar-refractivity contribution in [3.05, 3.63) is 22.8 Å². The van der Waals surface area contributed by atoms with Gasteiger partial charge in [-0.05, 0) is 53.6 Å². The average Bonchev–Trinajstić information content (AvgIpc) is 2.33. The van der Waals surface area contributed by atoms with Crippen LogP contribution >= 0.6 is 15.9 Å². The Morgan fingerprint density at radius 3 is 2.88 bits per heavy atom. The molecule has 88 valence electrons. The lowest BCUT2D eigenvalue weighted by molar-refractivity contribution is 0.0858. The largest absolute Gasteiger partial charge is 0.474 e. The Morgan fingerprint density at radius 1 is 1.38 bits per heavy atom. The van der Waals surface area contributed by atoms with E-state index >= 15 is 0 Å². The van der Waals surface area contributed by atoms with Crippen LogP contribution < -0.4 is 4.74 Å². The van der Waals surface area contributed by atoms with Crippen LogP contribution in [-0.2, 0) is 0 Å².